The van der Waals surface area contributed by atoms with E-state index in [2.05, 4.69) is 0 Å². The highest BCUT2D eigenvalue weighted by Gasteiger charge is 2.28. The largest absolute Gasteiger partial charge is 0.362 e. The summed E-state index contributed by atoms with van der Waals surface area (Å²) in [5.41, 5.74) is 1.76. The molecule has 7 heteroatoms. The highest BCUT2D eigenvalue weighted by Crippen LogP contribution is 2.31. The number of piperazine rings is 1. The highest BCUT2D eigenvalue weighted by atomic mass is 16.6. The number of hydrogen-bond acceptors (Lipinski definition) is 5. The summed E-state index contributed by atoms with van der Waals surface area (Å²) in [6.45, 7) is 1.82. The molecule has 1 fully saturated rings. The fraction of sp³-hybridized carbons (Fsp3) is 0.143. The maximum Gasteiger partial charge on any atom is 0.293 e. The molecule has 35 heavy (non-hydrogen) atoms. The number of rotatable bonds is 5. The Hall–Kier alpha value is -4.52. The van der Waals surface area contributed by atoms with E-state index < -0.39 is 4.92 Å². The Balaban J connectivity index is 1.34. The number of benzene rings is 4. The molecule has 0 atom stereocenters. The first-order valence-corrected chi connectivity index (χ1v) is 11.4. The van der Waals surface area contributed by atoms with Crippen LogP contribution in [0.15, 0.2) is 91.0 Å². The average molecular weight is 466 g/mol. The van der Waals surface area contributed by atoms with Crippen LogP contribution in [0.5, 0.6) is 0 Å². The molecule has 1 saturated heterocycles. The van der Waals surface area contributed by atoms with E-state index in [4.69, 9.17) is 0 Å². The maximum absolute atomic E-state index is 13.2. The second-order valence-corrected chi connectivity index (χ2v) is 8.46. The van der Waals surface area contributed by atoms with Crippen LogP contribution in [0.1, 0.15) is 26.3 Å². The Kier molecular flexibility index (Phi) is 5.97. The van der Waals surface area contributed by atoms with Crippen molar-refractivity contribution in [2.45, 2.75) is 0 Å². The third-order valence-electron chi connectivity index (χ3n) is 6.40. The summed E-state index contributed by atoms with van der Waals surface area (Å²) in [5, 5.41) is 13.8. The van der Waals surface area contributed by atoms with Crippen LogP contribution in [-0.4, -0.2) is 47.7 Å². The SMILES string of the molecule is O=C(c1ccccc1)c1ccc(N2CCN(C(=O)c3cccc4ccccc34)CC2)c([N+](=O)[O-])c1. The number of ketones is 1. The zero-order chi connectivity index (χ0) is 24.4. The Bertz CT molecular complexity index is 1420. The van der Waals surface area contributed by atoms with Gasteiger partial charge in [0.15, 0.2) is 5.78 Å². The van der Waals surface area contributed by atoms with Gasteiger partial charge >= 0.3 is 0 Å². The summed E-state index contributed by atoms with van der Waals surface area (Å²) in [6.07, 6.45) is 0. The van der Waals surface area contributed by atoms with Crippen LogP contribution < -0.4 is 4.90 Å². The number of carbonyl (C=O) groups is 2. The molecule has 1 aliphatic rings. The second-order valence-electron chi connectivity index (χ2n) is 8.46. The fourth-order valence-electron chi connectivity index (χ4n) is 4.57. The van der Waals surface area contributed by atoms with Gasteiger partial charge in [0.05, 0.1) is 4.92 Å². The average Bonchev–Trinajstić information content (AvgIpc) is 2.92. The molecule has 174 valence electrons. The van der Waals surface area contributed by atoms with Crippen LogP contribution in [0.3, 0.4) is 0 Å². The Morgan fingerprint density at radius 3 is 2.17 bits per heavy atom. The van der Waals surface area contributed by atoms with Gasteiger partial charge in [-0.2, -0.15) is 0 Å². The molecule has 5 rings (SSSR count). The number of nitrogens with zero attached hydrogens (tertiary/aromatic N) is 3. The van der Waals surface area contributed by atoms with Crippen molar-refractivity contribution in [2.24, 2.45) is 0 Å². The van der Waals surface area contributed by atoms with Gasteiger partial charge in [-0.25, -0.2) is 0 Å². The van der Waals surface area contributed by atoms with Crippen LogP contribution in [0.25, 0.3) is 10.8 Å². The molecule has 0 bridgehead atoms. The summed E-state index contributed by atoms with van der Waals surface area (Å²) in [4.78, 5) is 41.1. The lowest BCUT2D eigenvalue weighted by Crippen LogP contribution is -2.49. The summed E-state index contributed by atoms with van der Waals surface area (Å²) >= 11 is 0. The first kappa shape index (κ1) is 22.3. The van der Waals surface area contributed by atoms with Crippen molar-refractivity contribution >= 4 is 33.8 Å². The van der Waals surface area contributed by atoms with Crippen molar-refractivity contribution in [3.05, 3.63) is 118 Å². The molecule has 4 aromatic carbocycles. The van der Waals surface area contributed by atoms with Crippen LogP contribution in [0.2, 0.25) is 0 Å². The van der Waals surface area contributed by atoms with Gasteiger partial charge in [0, 0.05) is 48.9 Å². The predicted molar refractivity (Wildman–Crippen MR) is 135 cm³/mol. The molecule has 0 aromatic heterocycles. The molecule has 0 aliphatic carbocycles. The number of nitro benzene ring substituents is 1. The van der Waals surface area contributed by atoms with Crippen LogP contribution >= 0.6 is 0 Å². The van der Waals surface area contributed by atoms with Gasteiger partial charge in [-0.15, -0.1) is 0 Å². The van der Waals surface area contributed by atoms with E-state index in [1.54, 1.807) is 41.3 Å². The molecule has 0 radical (unpaired) electrons. The Labute approximate surface area is 202 Å². The molecule has 0 saturated carbocycles. The van der Waals surface area contributed by atoms with E-state index in [1.165, 1.54) is 6.07 Å². The standard InChI is InChI=1S/C28H23N3O4/c32-27(21-8-2-1-3-9-21)22-13-14-25(26(19-22)31(34)35)29-15-17-30(18-16-29)28(33)24-12-6-10-20-7-4-5-11-23(20)24/h1-14,19H,15-18H2. The highest BCUT2D eigenvalue weighted by molar-refractivity contribution is 6.09. The summed E-state index contributed by atoms with van der Waals surface area (Å²) in [6, 6.07) is 26.8. The van der Waals surface area contributed by atoms with Crippen molar-refractivity contribution in [3.8, 4) is 0 Å². The number of hydrogen-bond donors (Lipinski definition) is 0. The predicted octanol–water partition coefficient (Wildman–Crippen LogP) is 4.94. The van der Waals surface area contributed by atoms with Gasteiger partial charge in [0.2, 0.25) is 0 Å². The van der Waals surface area contributed by atoms with Crippen molar-refractivity contribution < 1.29 is 14.5 Å². The molecule has 1 amide bonds. The Morgan fingerprint density at radius 2 is 1.43 bits per heavy atom. The summed E-state index contributed by atoms with van der Waals surface area (Å²) < 4.78 is 0. The van der Waals surface area contributed by atoms with Crippen molar-refractivity contribution in [3.63, 3.8) is 0 Å². The molecule has 0 N–H and O–H groups in total. The number of carbonyl (C=O) groups excluding carboxylic acids is 2. The Morgan fingerprint density at radius 1 is 0.743 bits per heavy atom. The second kappa shape index (κ2) is 9.38. The lowest BCUT2D eigenvalue weighted by atomic mass is 10.0. The molecule has 4 aromatic rings. The minimum Gasteiger partial charge on any atom is -0.362 e. The summed E-state index contributed by atoms with van der Waals surface area (Å²) in [7, 11) is 0. The minimum absolute atomic E-state index is 0.0419. The molecular weight excluding hydrogens is 442 g/mol. The molecule has 0 spiro atoms. The first-order valence-electron chi connectivity index (χ1n) is 11.4. The normalized spacial score (nSPS) is 13.6. The zero-order valence-electron chi connectivity index (χ0n) is 19.0. The van der Waals surface area contributed by atoms with Crippen molar-refractivity contribution in [1.29, 1.82) is 0 Å². The number of anilines is 1. The number of nitro groups is 1. The van der Waals surface area contributed by atoms with Gasteiger partial charge in [-0.3, -0.25) is 19.7 Å². The van der Waals surface area contributed by atoms with E-state index in [0.29, 0.717) is 43.0 Å². The maximum atomic E-state index is 13.2. The van der Waals surface area contributed by atoms with Crippen molar-refractivity contribution in [1.82, 2.24) is 4.90 Å². The van der Waals surface area contributed by atoms with Crippen LogP contribution in [-0.2, 0) is 0 Å². The lowest BCUT2D eigenvalue weighted by Gasteiger charge is -2.36. The van der Waals surface area contributed by atoms with Gasteiger partial charge in [0.25, 0.3) is 11.6 Å². The number of amides is 1. The monoisotopic (exact) mass is 465 g/mol. The van der Waals surface area contributed by atoms with Crippen LogP contribution in [0, 0.1) is 10.1 Å². The molecule has 1 aliphatic heterocycles. The zero-order valence-corrected chi connectivity index (χ0v) is 19.0. The quantitative estimate of drug-likeness (QED) is 0.237. The van der Waals surface area contributed by atoms with Gasteiger partial charge in [-0.05, 0) is 29.0 Å². The third-order valence-corrected chi connectivity index (χ3v) is 6.40. The van der Waals surface area contributed by atoms with Gasteiger partial charge in [-0.1, -0.05) is 66.7 Å². The van der Waals surface area contributed by atoms with Crippen molar-refractivity contribution in [2.75, 3.05) is 31.1 Å². The van der Waals surface area contributed by atoms with Gasteiger partial charge in [0.1, 0.15) is 5.69 Å². The topological polar surface area (TPSA) is 83.8 Å². The first-order chi connectivity index (χ1) is 17.0. The van der Waals surface area contributed by atoms with E-state index in [9.17, 15) is 19.7 Å². The smallest absolute Gasteiger partial charge is 0.293 e. The molecule has 0 unspecified atom stereocenters. The summed E-state index contributed by atoms with van der Waals surface area (Å²) in [5.74, 6) is -0.300. The van der Waals surface area contributed by atoms with Crippen LogP contribution in [0.4, 0.5) is 11.4 Å². The number of fused-ring (bicyclic) bond motifs is 1. The fourth-order valence-corrected chi connectivity index (χ4v) is 4.57. The third kappa shape index (κ3) is 4.36. The van der Waals surface area contributed by atoms with Gasteiger partial charge < -0.3 is 9.80 Å². The van der Waals surface area contributed by atoms with E-state index in [1.807, 2.05) is 53.4 Å². The van der Waals surface area contributed by atoms with E-state index >= 15 is 0 Å². The lowest BCUT2D eigenvalue weighted by molar-refractivity contribution is -0.384. The molecule has 1 heterocycles. The molecule has 7 nitrogen and oxygen atoms in total. The van der Waals surface area contributed by atoms with E-state index in [-0.39, 0.29) is 22.9 Å². The van der Waals surface area contributed by atoms with E-state index in [0.717, 1.165) is 10.8 Å². The minimum atomic E-state index is -0.454. The molecular formula is C28H23N3O4.